The van der Waals surface area contributed by atoms with Crippen molar-refractivity contribution in [1.82, 2.24) is 0 Å². The van der Waals surface area contributed by atoms with Crippen molar-refractivity contribution in [1.29, 1.82) is 0 Å². The minimum absolute atomic E-state index is 0.153. The van der Waals surface area contributed by atoms with Crippen LogP contribution in [0.1, 0.15) is 76.7 Å². The van der Waals surface area contributed by atoms with Crippen molar-refractivity contribution >= 4 is 19.8 Å². The van der Waals surface area contributed by atoms with Crippen LogP contribution in [0, 0.1) is 11.8 Å². The van der Waals surface area contributed by atoms with Crippen LogP contribution in [0.5, 0.6) is 5.75 Å². The molecule has 0 aromatic heterocycles. The van der Waals surface area contributed by atoms with Gasteiger partial charge in [0.15, 0.2) is 6.61 Å². The Morgan fingerprint density at radius 1 is 0.974 bits per heavy atom. The Kier molecular flexibility index (Phi) is 18.2. The van der Waals surface area contributed by atoms with Gasteiger partial charge in [0, 0.05) is 6.42 Å². The predicted molar refractivity (Wildman–Crippen MR) is 144 cm³/mol. The lowest BCUT2D eigenvalue weighted by molar-refractivity contribution is -0.142. The molecular weight excluding hydrogens is 513 g/mol. The third kappa shape index (κ3) is 17.2. The van der Waals surface area contributed by atoms with E-state index in [1.165, 1.54) is 44.9 Å². The molecule has 1 rings (SSSR count). The van der Waals surface area contributed by atoms with Crippen molar-refractivity contribution in [2.24, 2.45) is 5.73 Å². The van der Waals surface area contributed by atoms with Crippen molar-refractivity contribution < 1.29 is 42.7 Å². The highest BCUT2D eigenvalue weighted by molar-refractivity contribution is 7.47. The van der Waals surface area contributed by atoms with Crippen LogP contribution in [0.2, 0.25) is 0 Å². The summed E-state index contributed by atoms with van der Waals surface area (Å²) < 4.78 is 31.6. The molecule has 0 amide bonds. The molecule has 0 spiro atoms. The summed E-state index contributed by atoms with van der Waals surface area (Å²) in [5, 5.41) is 8.62. The number of aliphatic carboxylic acids is 1. The highest BCUT2D eigenvalue weighted by Gasteiger charge is 2.24. The van der Waals surface area contributed by atoms with Gasteiger partial charge in [0.05, 0.1) is 13.2 Å². The number of nitrogens with two attached hydrogens (primary N) is 1. The summed E-state index contributed by atoms with van der Waals surface area (Å²) in [6.07, 6.45) is 11.9. The van der Waals surface area contributed by atoms with Gasteiger partial charge in [-0.05, 0) is 24.5 Å². The summed E-state index contributed by atoms with van der Waals surface area (Å²) in [5.41, 5.74) is 6.11. The summed E-state index contributed by atoms with van der Waals surface area (Å²) in [7, 11) is -4.49. The van der Waals surface area contributed by atoms with Gasteiger partial charge in [0.1, 0.15) is 18.4 Å². The van der Waals surface area contributed by atoms with E-state index in [1.54, 1.807) is 0 Å². The van der Waals surface area contributed by atoms with Gasteiger partial charge in [-0.25, -0.2) is 4.57 Å². The predicted octanol–water partition coefficient (Wildman–Crippen LogP) is 4.62. The molecule has 1 unspecified atom stereocenters. The van der Waals surface area contributed by atoms with Crippen LogP contribution in [0.3, 0.4) is 0 Å². The van der Waals surface area contributed by atoms with Crippen LogP contribution >= 0.6 is 7.82 Å². The van der Waals surface area contributed by atoms with Crippen molar-refractivity contribution in [3.05, 3.63) is 29.8 Å². The first-order chi connectivity index (χ1) is 18.2. The number of carboxylic acids is 1. The number of phosphoric acid groups is 1. The maximum absolute atomic E-state index is 12.0. The fraction of sp³-hybridized carbons (Fsp3) is 0.630. The van der Waals surface area contributed by atoms with Crippen molar-refractivity contribution in [2.45, 2.75) is 83.6 Å². The van der Waals surface area contributed by atoms with E-state index < -0.39 is 39.0 Å². The lowest BCUT2D eigenvalue weighted by Gasteiger charge is -2.12. The van der Waals surface area contributed by atoms with E-state index in [0.29, 0.717) is 13.0 Å². The molecule has 1 aromatic rings. The van der Waals surface area contributed by atoms with Gasteiger partial charge in [-0.3, -0.25) is 18.6 Å². The Labute approximate surface area is 225 Å². The SMILES string of the molecule is CCCCCCCCCCCOc1ccccc1CCC(=O)OCC#CCOP(=O)(O)OC[C@H](N)C(=O)O. The molecule has 0 bridgehead atoms. The lowest BCUT2D eigenvalue weighted by Crippen LogP contribution is -2.34. The Bertz CT molecular complexity index is 929. The number of ether oxygens (including phenoxy) is 2. The molecule has 38 heavy (non-hydrogen) atoms. The lowest BCUT2D eigenvalue weighted by atomic mass is 10.1. The largest absolute Gasteiger partial charge is 0.493 e. The first-order valence-corrected chi connectivity index (χ1v) is 14.7. The number of unbranched alkanes of at least 4 members (excludes halogenated alkanes) is 8. The van der Waals surface area contributed by atoms with E-state index in [2.05, 4.69) is 27.8 Å². The Morgan fingerprint density at radius 2 is 1.61 bits per heavy atom. The number of hydrogen-bond donors (Lipinski definition) is 3. The monoisotopic (exact) mass is 555 g/mol. The van der Waals surface area contributed by atoms with E-state index in [-0.39, 0.29) is 13.0 Å². The van der Waals surface area contributed by atoms with E-state index in [4.69, 9.17) is 20.3 Å². The number of esters is 1. The number of carboxylic acid groups (broad SMARTS) is 1. The van der Waals surface area contributed by atoms with Gasteiger partial charge in [-0.1, -0.05) is 88.3 Å². The highest BCUT2D eigenvalue weighted by Crippen LogP contribution is 2.42. The fourth-order valence-electron chi connectivity index (χ4n) is 3.37. The van der Waals surface area contributed by atoms with Crippen molar-refractivity contribution in [2.75, 3.05) is 26.4 Å². The normalized spacial score (nSPS) is 13.1. The molecular formula is C27H42NO9P. The number of phosphoric ester groups is 1. The molecule has 0 aliphatic rings. The Morgan fingerprint density at radius 3 is 2.29 bits per heavy atom. The molecule has 2 atom stereocenters. The molecule has 0 fully saturated rings. The van der Waals surface area contributed by atoms with Crippen LogP contribution in [-0.2, 0) is 34.4 Å². The van der Waals surface area contributed by atoms with Gasteiger partial charge in [0.2, 0.25) is 0 Å². The van der Waals surface area contributed by atoms with E-state index in [0.717, 1.165) is 24.2 Å². The smallest absolute Gasteiger partial charge is 0.473 e. The van der Waals surface area contributed by atoms with Crippen LogP contribution in [0.15, 0.2) is 24.3 Å². The first kappa shape index (κ1) is 33.6. The first-order valence-electron chi connectivity index (χ1n) is 13.2. The number of aryl methyl sites for hydroxylation is 1. The standard InChI is InChI=1S/C27H42NO9P/c1-2-3-4-5-6-7-8-9-12-19-34-25-16-11-10-15-23(25)17-18-26(29)35-20-13-14-21-36-38(32,33)37-22-24(28)27(30)31/h10-11,15-16,24H,2-9,12,17-22,28H2,1H3,(H,30,31)(H,32,33)/t24-/m0/s1. The van der Waals surface area contributed by atoms with Gasteiger partial charge >= 0.3 is 19.8 Å². The Balaban J connectivity index is 2.22. The summed E-state index contributed by atoms with van der Waals surface area (Å²) in [6, 6.07) is 6.18. The quantitative estimate of drug-likeness (QED) is 0.0847. The number of hydrogen-bond acceptors (Lipinski definition) is 8. The molecule has 1 aromatic carbocycles. The van der Waals surface area contributed by atoms with Gasteiger partial charge in [-0.15, -0.1) is 0 Å². The number of carbonyl (C=O) groups is 2. The molecule has 0 aliphatic carbocycles. The number of rotatable bonds is 21. The minimum atomic E-state index is -4.49. The van der Waals surface area contributed by atoms with Crippen LogP contribution in [-0.4, -0.2) is 54.4 Å². The summed E-state index contributed by atoms with van der Waals surface area (Å²) in [4.78, 5) is 32.0. The fourth-order valence-corrected chi connectivity index (χ4v) is 4.02. The van der Waals surface area contributed by atoms with Gasteiger partial charge in [-0.2, -0.15) is 0 Å². The zero-order valence-electron chi connectivity index (χ0n) is 22.3. The zero-order chi connectivity index (χ0) is 28.1. The van der Waals surface area contributed by atoms with Crippen molar-refractivity contribution in [3.8, 4) is 17.6 Å². The minimum Gasteiger partial charge on any atom is -0.493 e. The summed E-state index contributed by atoms with van der Waals surface area (Å²) >= 11 is 0. The molecule has 11 heteroatoms. The highest BCUT2D eigenvalue weighted by atomic mass is 31.2. The maximum atomic E-state index is 12.0. The molecule has 0 aliphatic heterocycles. The topological polar surface area (TPSA) is 155 Å². The number of benzene rings is 1. The van der Waals surface area contributed by atoms with Crippen LogP contribution in [0.4, 0.5) is 0 Å². The zero-order valence-corrected chi connectivity index (χ0v) is 23.2. The molecule has 0 radical (unpaired) electrons. The molecule has 0 heterocycles. The van der Waals surface area contributed by atoms with Crippen LogP contribution < -0.4 is 10.5 Å². The molecule has 0 saturated heterocycles. The summed E-state index contributed by atoms with van der Waals surface area (Å²) in [5.74, 6) is 3.87. The average Bonchev–Trinajstić information content (AvgIpc) is 2.89. The van der Waals surface area contributed by atoms with Crippen molar-refractivity contribution in [3.63, 3.8) is 0 Å². The molecule has 0 saturated carbocycles. The van der Waals surface area contributed by atoms with E-state index in [9.17, 15) is 19.0 Å². The molecule has 10 nitrogen and oxygen atoms in total. The maximum Gasteiger partial charge on any atom is 0.473 e. The van der Waals surface area contributed by atoms with Gasteiger partial charge in [0.25, 0.3) is 0 Å². The van der Waals surface area contributed by atoms with Gasteiger partial charge < -0.3 is 25.2 Å². The third-order valence-corrected chi connectivity index (χ3v) is 6.47. The number of carbonyl (C=O) groups excluding carboxylic acids is 1. The summed E-state index contributed by atoms with van der Waals surface area (Å²) in [6.45, 7) is 1.50. The number of para-hydroxylation sites is 1. The molecule has 214 valence electrons. The second kappa shape index (κ2) is 20.5. The Hall–Kier alpha value is -2.41. The third-order valence-electron chi connectivity index (χ3n) is 5.54. The second-order valence-corrected chi connectivity index (χ2v) is 10.2. The molecule has 4 N–H and O–H groups in total. The van der Waals surface area contributed by atoms with E-state index >= 15 is 0 Å². The van der Waals surface area contributed by atoms with E-state index in [1.807, 2.05) is 24.3 Å². The average molecular weight is 556 g/mol. The van der Waals surface area contributed by atoms with Crippen LogP contribution in [0.25, 0.3) is 0 Å². The second-order valence-electron chi connectivity index (χ2n) is 8.78.